The minimum absolute atomic E-state index is 0.0483. The first-order valence-corrected chi connectivity index (χ1v) is 8.89. The number of carbonyl (C=O) groups is 3. The van der Waals surface area contributed by atoms with Gasteiger partial charge in [-0.1, -0.05) is 30.3 Å². The van der Waals surface area contributed by atoms with Crippen LogP contribution in [0.5, 0.6) is 0 Å². The maximum Gasteiger partial charge on any atom is 0.412 e. The number of methoxy groups -OCH3 is 2. The van der Waals surface area contributed by atoms with Crippen LogP contribution in [0.1, 0.15) is 26.3 Å². The Kier molecular flexibility index (Phi) is 9.67. The Bertz CT molecular complexity index is 711. The first kappa shape index (κ1) is 24.0. The Morgan fingerprint density at radius 1 is 1.10 bits per heavy atom. The predicted octanol–water partition coefficient (Wildman–Crippen LogP) is 1.87. The highest BCUT2D eigenvalue weighted by molar-refractivity contribution is 5.98. The predicted molar refractivity (Wildman–Crippen MR) is 105 cm³/mol. The van der Waals surface area contributed by atoms with Crippen molar-refractivity contribution in [1.82, 2.24) is 10.6 Å². The Labute approximate surface area is 170 Å². The van der Waals surface area contributed by atoms with Gasteiger partial charge in [0, 0.05) is 7.11 Å². The minimum atomic E-state index is -1.09. The summed E-state index contributed by atoms with van der Waals surface area (Å²) < 4.78 is 20.2. The van der Waals surface area contributed by atoms with E-state index in [0.717, 1.165) is 11.8 Å². The summed E-state index contributed by atoms with van der Waals surface area (Å²) in [5, 5.41) is 4.74. The van der Waals surface area contributed by atoms with Crippen molar-refractivity contribution >= 4 is 18.0 Å². The van der Waals surface area contributed by atoms with Gasteiger partial charge in [-0.15, -0.1) is 0 Å². The molecule has 9 heteroatoms. The summed E-state index contributed by atoms with van der Waals surface area (Å²) in [7, 11) is 2.69. The van der Waals surface area contributed by atoms with Crippen molar-refractivity contribution in [3.05, 3.63) is 47.9 Å². The quantitative estimate of drug-likeness (QED) is 0.364. The number of rotatable bonds is 9. The molecule has 1 rings (SSSR count). The number of ether oxygens (including phenoxy) is 4. The van der Waals surface area contributed by atoms with Gasteiger partial charge in [-0.2, -0.15) is 0 Å². The van der Waals surface area contributed by atoms with Gasteiger partial charge in [0.25, 0.3) is 5.91 Å². The van der Waals surface area contributed by atoms with Crippen molar-refractivity contribution in [2.45, 2.75) is 39.0 Å². The second kappa shape index (κ2) is 11.7. The summed E-state index contributed by atoms with van der Waals surface area (Å²) >= 11 is 0. The first-order valence-electron chi connectivity index (χ1n) is 8.89. The van der Waals surface area contributed by atoms with E-state index < -0.39 is 29.6 Å². The van der Waals surface area contributed by atoms with Crippen molar-refractivity contribution in [3.8, 4) is 0 Å². The lowest BCUT2D eigenvalue weighted by molar-refractivity contribution is -0.150. The number of hydrogen-bond acceptors (Lipinski definition) is 7. The average Bonchev–Trinajstić information content (AvgIpc) is 2.64. The molecule has 2 N–H and O–H groups in total. The number of benzene rings is 1. The van der Waals surface area contributed by atoms with Gasteiger partial charge >= 0.3 is 12.1 Å². The third kappa shape index (κ3) is 9.61. The van der Waals surface area contributed by atoms with Gasteiger partial charge in [-0.25, -0.2) is 9.59 Å². The lowest BCUT2D eigenvalue weighted by Crippen LogP contribution is -2.47. The van der Waals surface area contributed by atoms with Crippen molar-refractivity contribution in [1.29, 1.82) is 0 Å². The largest absolute Gasteiger partial charge is 0.502 e. The molecule has 0 fully saturated rings. The van der Waals surface area contributed by atoms with Gasteiger partial charge in [0.05, 0.1) is 13.7 Å². The van der Waals surface area contributed by atoms with Crippen LogP contribution in [-0.4, -0.2) is 50.4 Å². The number of carbonyl (C=O) groups excluding carboxylic acids is 3. The van der Waals surface area contributed by atoms with Gasteiger partial charge in [0.15, 0.2) is 6.04 Å². The molecule has 0 aliphatic carbocycles. The van der Waals surface area contributed by atoms with E-state index in [9.17, 15) is 14.4 Å². The third-order valence-electron chi connectivity index (χ3n) is 3.26. The zero-order chi connectivity index (χ0) is 21.9. The molecule has 0 radical (unpaired) electrons. The molecule has 1 aromatic rings. The second-order valence-electron chi connectivity index (χ2n) is 6.97. The molecule has 0 aliphatic rings. The molecule has 0 saturated carbocycles. The summed E-state index contributed by atoms with van der Waals surface area (Å²) in [4.78, 5) is 36.8. The Hall–Kier alpha value is -3.07. The Morgan fingerprint density at radius 2 is 1.76 bits per heavy atom. The molecule has 0 spiro atoms. The fraction of sp³-hybridized carbons (Fsp3) is 0.450. The zero-order valence-electron chi connectivity index (χ0n) is 17.3. The van der Waals surface area contributed by atoms with Crippen LogP contribution < -0.4 is 10.6 Å². The standard InChI is InChI=1S/C20H28N2O7/c1-20(2,3)29-19(25)22-15(12-26-4)17(23)21-16(13-27-5)18(24)28-11-14-9-7-6-8-10-14/h6-10,12,16H,11,13H2,1-5H3,(H,21,23)(H,22,25)/b15-12+/t16-/m0/s1. The molecule has 160 valence electrons. The van der Waals surface area contributed by atoms with Crippen LogP contribution in [0.3, 0.4) is 0 Å². The summed E-state index contributed by atoms with van der Waals surface area (Å²) in [6.45, 7) is 4.98. The maximum atomic E-state index is 12.5. The van der Waals surface area contributed by atoms with Crippen LogP contribution in [0.4, 0.5) is 4.79 Å². The molecule has 9 nitrogen and oxygen atoms in total. The van der Waals surface area contributed by atoms with Crippen molar-refractivity contribution in [2.24, 2.45) is 0 Å². The molecule has 0 aliphatic heterocycles. The number of nitrogens with one attached hydrogen (secondary N) is 2. The fourth-order valence-corrected chi connectivity index (χ4v) is 2.07. The van der Waals surface area contributed by atoms with Crippen molar-refractivity contribution in [2.75, 3.05) is 20.8 Å². The molecule has 2 amide bonds. The molecule has 0 saturated heterocycles. The van der Waals surface area contributed by atoms with E-state index in [-0.39, 0.29) is 18.9 Å². The number of esters is 1. The third-order valence-corrected chi connectivity index (χ3v) is 3.26. The van der Waals surface area contributed by atoms with Crippen LogP contribution in [-0.2, 0) is 35.1 Å². The van der Waals surface area contributed by atoms with Gasteiger partial charge in [0.1, 0.15) is 24.2 Å². The second-order valence-corrected chi connectivity index (χ2v) is 6.97. The molecule has 0 aromatic heterocycles. The highest BCUT2D eigenvalue weighted by Gasteiger charge is 2.26. The molecular weight excluding hydrogens is 380 g/mol. The molecule has 29 heavy (non-hydrogen) atoms. The average molecular weight is 408 g/mol. The molecule has 0 heterocycles. The SMILES string of the molecule is CO/C=C(/NC(=O)OC(C)(C)C)C(=O)N[C@@H](COC)C(=O)OCc1ccccc1. The van der Waals surface area contributed by atoms with Gasteiger partial charge in [0.2, 0.25) is 0 Å². The molecular formula is C20H28N2O7. The van der Waals surface area contributed by atoms with E-state index in [2.05, 4.69) is 10.6 Å². The van der Waals surface area contributed by atoms with Crippen LogP contribution in [0.15, 0.2) is 42.3 Å². The van der Waals surface area contributed by atoms with E-state index in [1.54, 1.807) is 32.9 Å². The molecule has 1 atom stereocenters. The topological polar surface area (TPSA) is 112 Å². The smallest absolute Gasteiger partial charge is 0.412 e. The van der Waals surface area contributed by atoms with E-state index in [1.807, 2.05) is 18.2 Å². The zero-order valence-corrected chi connectivity index (χ0v) is 17.3. The molecule has 0 unspecified atom stereocenters. The summed E-state index contributed by atoms with van der Waals surface area (Å²) in [5.74, 6) is -1.45. The van der Waals surface area contributed by atoms with Crippen LogP contribution in [0, 0.1) is 0 Å². The van der Waals surface area contributed by atoms with Crippen molar-refractivity contribution < 1.29 is 33.3 Å². The summed E-state index contributed by atoms with van der Waals surface area (Å²) in [5.41, 5.74) is -0.188. The maximum absolute atomic E-state index is 12.5. The van der Waals surface area contributed by atoms with E-state index in [4.69, 9.17) is 18.9 Å². The minimum Gasteiger partial charge on any atom is -0.502 e. The normalized spacial score (nSPS) is 12.5. The first-order chi connectivity index (χ1) is 13.7. The Balaban J connectivity index is 2.75. The highest BCUT2D eigenvalue weighted by atomic mass is 16.6. The van der Waals surface area contributed by atoms with Crippen molar-refractivity contribution in [3.63, 3.8) is 0 Å². The monoisotopic (exact) mass is 408 g/mol. The van der Waals surface area contributed by atoms with Gasteiger partial charge in [-0.3, -0.25) is 10.1 Å². The van der Waals surface area contributed by atoms with Gasteiger partial charge < -0.3 is 24.3 Å². The lowest BCUT2D eigenvalue weighted by atomic mass is 10.2. The van der Waals surface area contributed by atoms with Gasteiger partial charge in [-0.05, 0) is 26.3 Å². The number of hydrogen-bond donors (Lipinski definition) is 2. The Morgan fingerprint density at radius 3 is 2.31 bits per heavy atom. The van der Waals surface area contributed by atoms with E-state index in [0.29, 0.717) is 0 Å². The number of alkyl carbamates (subject to hydrolysis) is 1. The van der Waals surface area contributed by atoms with E-state index in [1.165, 1.54) is 14.2 Å². The number of amides is 2. The molecule has 1 aromatic carbocycles. The van der Waals surface area contributed by atoms with Crippen LogP contribution >= 0.6 is 0 Å². The molecule has 0 bridgehead atoms. The van der Waals surface area contributed by atoms with Crippen LogP contribution in [0.2, 0.25) is 0 Å². The summed E-state index contributed by atoms with van der Waals surface area (Å²) in [6.07, 6.45) is 0.184. The van der Waals surface area contributed by atoms with E-state index >= 15 is 0 Å². The lowest BCUT2D eigenvalue weighted by Gasteiger charge is -2.21. The fourth-order valence-electron chi connectivity index (χ4n) is 2.07. The van der Waals surface area contributed by atoms with Crippen LogP contribution in [0.25, 0.3) is 0 Å². The summed E-state index contributed by atoms with van der Waals surface area (Å²) in [6, 6.07) is 8.02. The highest BCUT2D eigenvalue weighted by Crippen LogP contribution is 2.08.